The van der Waals surface area contributed by atoms with Crippen molar-refractivity contribution in [3.05, 3.63) is 34.9 Å². The van der Waals surface area contributed by atoms with Crippen LogP contribution in [0.25, 0.3) is 0 Å². The molecule has 1 aromatic carbocycles. The lowest BCUT2D eigenvalue weighted by atomic mass is 9.99. The Morgan fingerprint density at radius 1 is 1.21 bits per heavy atom. The Kier molecular flexibility index (Phi) is 5.56. The first-order chi connectivity index (χ1) is 8.85. The zero-order valence-corrected chi connectivity index (χ0v) is 11.2. The van der Waals surface area contributed by atoms with Crippen LogP contribution in [-0.2, 0) is 16.0 Å². The van der Waals surface area contributed by atoms with Crippen molar-refractivity contribution in [1.82, 2.24) is 0 Å². The van der Waals surface area contributed by atoms with Crippen LogP contribution in [-0.4, -0.2) is 27.3 Å². The van der Waals surface area contributed by atoms with Crippen LogP contribution in [0.3, 0.4) is 0 Å². The molecule has 0 radical (unpaired) electrons. The van der Waals surface area contributed by atoms with Crippen LogP contribution in [0.4, 0.5) is 8.78 Å². The molecule has 104 valence electrons. The molecule has 1 aromatic rings. The number of carbonyl (C=O) groups is 2. The number of halogens is 3. The Labute approximate surface area is 116 Å². The van der Waals surface area contributed by atoms with Gasteiger partial charge in [0, 0.05) is 12.0 Å². The van der Waals surface area contributed by atoms with Crippen LogP contribution in [0, 0.1) is 0 Å². The summed E-state index contributed by atoms with van der Waals surface area (Å²) in [5, 5.41) is 18.1. The molecule has 7 heteroatoms. The largest absolute Gasteiger partial charge is 0.479 e. The van der Waals surface area contributed by atoms with Crippen LogP contribution in [0.2, 0.25) is 0 Å². The minimum absolute atomic E-state index is 0.0721. The van der Waals surface area contributed by atoms with Gasteiger partial charge in [-0.15, -0.1) is 0 Å². The van der Waals surface area contributed by atoms with Gasteiger partial charge in [-0.25, -0.2) is 13.6 Å². The SMILES string of the molecule is O=C(CBr)Cc1cc(C(F)F)cc(C(O)C(=O)O)c1. The number of aliphatic carboxylic acids is 1. The predicted octanol–water partition coefficient (Wildman–Crippen LogP) is 2.25. The smallest absolute Gasteiger partial charge is 0.337 e. The lowest BCUT2D eigenvalue weighted by molar-refractivity contribution is -0.147. The van der Waals surface area contributed by atoms with E-state index in [-0.39, 0.29) is 28.7 Å². The number of hydrogen-bond acceptors (Lipinski definition) is 3. The Bertz CT molecular complexity index is 491. The van der Waals surface area contributed by atoms with E-state index >= 15 is 0 Å². The van der Waals surface area contributed by atoms with Gasteiger partial charge in [0.15, 0.2) is 6.10 Å². The maximum absolute atomic E-state index is 12.7. The Morgan fingerprint density at radius 2 is 1.79 bits per heavy atom. The molecule has 0 saturated carbocycles. The average molecular weight is 337 g/mol. The van der Waals surface area contributed by atoms with E-state index in [1.807, 2.05) is 0 Å². The molecule has 0 amide bonds. The summed E-state index contributed by atoms with van der Waals surface area (Å²) >= 11 is 2.95. The maximum Gasteiger partial charge on any atom is 0.337 e. The van der Waals surface area contributed by atoms with E-state index in [1.165, 1.54) is 6.07 Å². The van der Waals surface area contributed by atoms with E-state index in [4.69, 9.17) is 5.11 Å². The molecule has 0 bridgehead atoms. The number of carboxylic acid groups (broad SMARTS) is 1. The number of ketones is 1. The number of carbonyl (C=O) groups excluding carboxylic acids is 1. The first kappa shape index (κ1) is 15.7. The molecule has 0 saturated heterocycles. The fourth-order valence-corrected chi connectivity index (χ4v) is 1.75. The van der Waals surface area contributed by atoms with Crippen molar-refractivity contribution >= 4 is 27.7 Å². The van der Waals surface area contributed by atoms with E-state index in [2.05, 4.69) is 15.9 Å². The predicted molar refractivity (Wildman–Crippen MR) is 66.5 cm³/mol. The van der Waals surface area contributed by atoms with Gasteiger partial charge in [-0.2, -0.15) is 0 Å². The van der Waals surface area contributed by atoms with Crippen molar-refractivity contribution in [2.75, 3.05) is 5.33 Å². The van der Waals surface area contributed by atoms with Gasteiger partial charge in [-0.3, -0.25) is 4.79 Å². The number of carboxylic acids is 1. The number of hydrogen-bond donors (Lipinski definition) is 2. The first-order valence-electron chi connectivity index (χ1n) is 5.25. The van der Waals surface area contributed by atoms with Crippen LogP contribution < -0.4 is 0 Å². The summed E-state index contributed by atoms with van der Waals surface area (Å²) in [6.07, 6.45) is -4.80. The molecular weight excluding hydrogens is 326 g/mol. The fourth-order valence-electron chi connectivity index (χ4n) is 1.55. The van der Waals surface area contributed by atoms with Crippen molar-refractivity contribution in [2.24, 2.45) is 0 Å². The number of Topliss-reactive ketones (excluding diaryl/α,β-unsaturated/α-hetero) is 1. The maximum atomic E-state index is 12.7. The monoisotopic (exact) mass is 336 g/mol. The second kappa shape index (κ2) is 6.72. The highest BCUT2D eigenvalue weighted by Crippen LogP contribution is 2.25. The third-order valence-electron chi connectivity index (χ3n) is 2.39. The molecule has 2 N–H and O–H groups in total. The van der Waals surface area contributed by atoms with Crippen molar-refractivity contribution in [1.29, 1.82) is 0 Å². The molecule has 0 fully saturated rings. The van der Waals surface area contributed by atoms with Crippen LogP contribution in [0.1, 0.15) is 29.2 Å². The van der Waals surface area contributed by atoms with E-state index in [9.17, 15) is 23.5 Å². The lowest BCUT2D eigenvalue weighted by Crippen LogP contribution is -2.12. The quantitative estimate of drug-likeness (QED) is 0.781. The van der Waals surface area contributed by atoms with Gasteiger partial charge in [0.2, 0.25) is 0 Å². The Balaban J connectivity index is 3.17. The summed E-state index contributed by atoms with van der Waals surface area (Å²) in [7, 11) is 0. The summed E-state index contributed by atoms with van der Waals surface area (Å²) in [4.78, 5) is 21.9. The van der Waals surface area contributed by atoms with Gasteiger partial charge in [0.25, 0.3) is 6.43 Å². The number of rotatable bonds is 6. The molecule has 1 atom stereocenters. The Morgan fingerprint density at radius 3 is 2.26 bits per heavy atom. The molecule has 1 unspecified atom stereocenters. The second-order valence-corrected chi connectivity index (χ2v) is 4.46. The summed E-state index contributed by atoms with van der Waals surface area (Å²) in [6, 6.07) is 3.29. The molecule has 0 spiro atoms. The summed E-state index contributed by atoms with van der Waals surface area (Å²) in [5.74, 6) is -1.77. The standard InChI is InChI=1S/C12H11BrF2O4/c13-5-9(16)3-6-1-7(10(17)12(18)19)4-8(2-6)11(14)15/h1-2,4,10-11,17H,3,5H2,(H,18,19). The highest BCUT2D eigenvalue weighted by Gasteiger charge is 2.20. The van der Waals surface area contributed by atoms with Crippen molar-refractivity contribution < 1.29 is 28.6 Å². The number of aliphatic hydroxyl groups is 1. The number of alkyl halides is 3. The topological polar surface area (TPSA) is 74.6 Å². The molecular formula is C12H11BrF2O4. The molecule has 0 aliphatic rings. The lowest BCUT2D eigenvalue weighted by Gasteiger charge is -2.11. The van der Waals surface area contributed by atoms with Crippen LogP contribution >= 0.6 is 15.9 Å². The van der Waals surface area contributed by atoms with E-state index in [0.29, 0.717) is 0 Å². The van der Waals surface area contributed by atoms with Crippen molar-refractivity contribution in [3.63, 3.8) is 0 Å². The molecule has 0 aliphatic carbocycles. The normalized spacial score (nSPS) is 12.5. The van der Waals surface area contributed by atoms with Gasteiger partial charge in [0.1, 0.15) is 5.78 Å². The Hall–Kier alpha value is -1.34. The highest BCUT2D eigenvalue weighted by atomic mass is 79.9. The number of aliphatic hydroxyl groups excluding tert-OH is 1. The first-order valence-corrected chi connectivity index (χ1v) is 6.37. The average Bonchev–Trinajstić information content (AvgIpc) is 2.36. The van der Waals surface area contributed by atoms with E-state index in [0.717, 1.165) is 12.1 Å². The van der Waals surface area contributed by atoms with Gasteiger partial charge in [0.05, 0.1) is 5.33 Å². The van der Waals surface area contributed by atoms with Crippen molar-refractivity contribution in [2.45, 2.75) is 19.0 Å². The van der Waals surface area contributed by atoms with Gasteiger partial charge in [-0.1, -0.05) is 22.0 Å². The minimum atomic E-state index is -2.81. The third kappa shape index (κ3) is 4.36. The highest BCUT2D eigenvalue weighted by molar-refractivity contribution is 9.09. The second-order valence-electron chi connectivity index (χ2n) is 3.90. The van der Waals surface area contributed by atoms with Gasteiger partial charge >= 0.3 is 5.97 Å². The zero-order chi connectivity index (χ0) is 14.6. The van der Waals surface area contributed by atoms with E-state index in [1.54, 1.807) is 0 Å². The molecule has 0 aliphatic heterocycles. The van der Waals surface area contributed by atoms with E-state index < -0.39 is 24.1 Å². The molecule has 0 aromatic heterocycles. The zero-order valence-electron chi connectivity index (χ0n) is 9.65. The summed E-state index contributed by atoms with van der Waals surface area (Å²) in [6.45, 7) is 0. The summed E-state index contributed by atoms with van der Waals surface area (Å²) in [5.41, 5.74) is -0.338. The van der Waals surface area contributed by atoms with Crippen LogP contribution in [0.15, 0.2) is 18.2 Å². The van der Waals surface area contributed by atoms with Crippen LogP contribution in [0.5, 0.6) is 0 Å². The third-order valence-corrected chi connectivity index (χ3v) is 3.01. The van der Waals surface area contributed by atoms with Gasteiger partial charge in [-0.05, 0) is 23.3 Å². The fraction of sp³-hybridized carbons (Fsp3) is 0.333. The molecule has 4 nitrogen and oxygen atoms in total. The summed E-state index contributed by atoms with van der Waals surface area (Å²) < 4.78 is 25.4. The molecule has 19 heavy (non-hydrogen) atoms. The minimum Gasteiger partial charge on any atom is -0.479 e. The number of benzene rings is 1. The van der Waals surface area contributed by atoms with Crippen molar-refractivity contribution in [3.8, 4) is 0 Å². The molecule has 1 rings (SSSR count). The molecule has 0 heterocycles. The van der Waals surface area contributed by atoms with Gasteiger partial charge < -0.3 is 10.2 Å².